The van der Waals surface area contributed by atoms with E-state index in [2.05, 4.69) is 4.90 Å². The molecule has 0 bridgehead atoms. The van der Waals surface area contributed by atoms with Gasteiger partial charge >= 0.3 is 0 Å². The van der Waals surface area contributed by atoms with E-state index in [4.69, 9.17) is 10.5 Å². The average molecular weight is 222 g/mol. The molecule has 0 unspecified atom stereocenters. The van der Waals surface area contributed by atoms with Crippen molar-refractivity contribution in [3.63, 3.8) is 0 Å². The highest BCUT2D eigenvalue weighted by Gasteiger charge is 2.01. The Morgan fingerprint density at radius 2 is 2.19 bits per heavy atom. The van der Waals surface area contributed by atoms with E-state index < -0.39 is 0 Å². The number of anilines is 1. The Labute approximate surface area is 96.0 Å². The maximum absolute atomic E-state index is 10.5. The second-order valence-corrected chi connectivity index (χ2v) is 3.92. The Morgan fingerprint density at radius 3 is 2.75 bits per heavy atom. The monoisotopic (exact) mass is 222 g/mol. The highest BCUT2D eigenvalue weighted by molar-refractivity contribution is 5.78. The number of hydrogen-bond acceptors (Lipinski definition) is 4. The third-order valence-corrected chi connectivity index (χ3v) is 2.18. The van der Waals surface area contributed by atoms with Crippen LogP contribution in [-0.4, -0.2) is 38.4 Å². The van der Waals surface area contributed by atoms with Crippen LogP contribution in [0, 0.1) is 0 Å². The van der Waals surface area contributed by atoms with Crippen molar-refractivity contribution in [1.82, 2.24) is 4.90 Å². The first kappa shape index (κ1) is 12.5. The lowest BCUT2D eigenvalue weighted by Crippen LogP contribution is -2.15. The lowest BCUT2D eigenvalue weighted by molar-refractivity contribution is 0.112. The Kier molecular flexibility index (Phi) is 4.79. The Hall–Kier alpha value is -1.55. The van der Waals surface area contributed by atoms with E-state index in [1.54, 1.807) is 18.2 Å². The number of hydrogen-bond donors (Lipinski definition) is 1. The van der Waals surface area contributed by atoms with Crippen LogP contribution in [0.1, 0.15) is 16.8 Å². The van der Waals surface area contributed by atoms with Gasteiger partial charge in [0.25, 0.3) is 0 Å². The zero-order valence-electron chi connectivity index (χ0n) is 9.77. The van der Waals surface area contributed by atoms with Gasteiger partial charge < -0.3 is 15.4 Å². The molecule has 1 aromatic carbocycles. The van der Waals surface area contributed by atoms with Gasteiger partial charge in [0.1, 0.15) is 12.0 Å². The van der Waals surface area contributed by atoms with Crippen molar-refractivity contribution in [3.05, 3.63) is 23.8 Å². The van der Waals surface area contributed by atoms with Crippen LogP contribution in [0.3, 0.4) is 0 Å². The number of ether oxygens (including phenoxy) is 1. The molecule has 0 heterocycles. The summed E-state index contributed by atoms with van der Waals surface area (Å²) in [5.74, 6) is 0.643. The number of carbonyl (C=O) groups is 1. The predicted octanol–water partition coefficient (Wildman–Crippen LogP) is 1.41. The van der Waals surface area contributed by atoms with Crippen molar-refractivity contribution in [3.8, 4) is 5.75 Å². The third-order valence-electron chi connectivity index (χ3n) is 2.18. The fraction of sp³-hybridized carbons (Fsp3) is 0.417. The fourth-order valence-corrected chi connectivity index (χ4v) is 1.33. The molecule has 1 aromatic rings. The summed E-state index contributed by atoms with van der Waals surface area (Å²) in [7, 11) is 4.04. The summed E-state index contributed by atoms with van der Waals surface area (Å²) >= 11 is 0. The molecule has 0 aromatic heterocycles. The van der Waals surface area contributed by atoms with Crippen LogP contribution in [0.5, 0.6) is 5.75 Å². The Balaban J connectivity index is 2.45. The number of rotatable bonds is 6. The quantitative estimate of drug-likeness (QED) is 0.449. The standard InChI is InChI=1S/C12H18N2O2/c1-14(2)6-3-7-16-12-5-4-10(9-15)8-11(12)13/h4-5,8-9H,3,6-7,13H2,1-2H3. The van der Waals surface area contributed by atoms with Crippen molar-refractivity contribution in [2.75, 3.05) is 33.0 Å². The average Bonchev–Trinajstić information content (AvgIpc) is 2.25. The first-order valence-corrected chi connectivity index (χ1v) is 5.25. The van der Waals surface area contributed by atoms with Crippen LogP contribution in [0.4, 0.5) is 5.69 Å². The third kappa shape index (κ3) is 3.90. The van der Waals surface area contributed by atoms with Crippen LogP contribution < -0.4 is 10.5 Å². The van der Waals surface area contributed by atoms with Gasteiger partial charge in [-0.25, -0.2) is 0 Å². The van der Waals surface area contributed by atoms with Crippen molar-refractivity contribution < 1.29 is 9.53 Å². The molecule has 4 nitrogen and oxygen atoms in total. The van der Waals surface area contributed by atoms with Crippen molar-refractivity contribution in [1.29, 1.82) is 0 Å². The maximum atomic E-state index is 10.5. The van der Waals surface area contributed by atoms with Crippen LogP contribution in [0.15, 0.2) is 18.2 Å². The lowest BCUT2D eigenvalue weighted by atomic mass is 10.2. The molecule has 0 aliphatic rings. The molecule has 88 valence electrons. The topological polar surface area (TPSA) is 55.6 Å². The molecule has 0 amide bonds. The first-order chi connectivity index (χ1) is 7.63. The molecule has 0 aliphatic carbocycles. The molecule has 4 heteroatoms. The molecule has 0 atom stereocenters. The largest absolute Gasteiger partial charge is 0.491 e. The molecule has 0 spiro atoms. The van der Waals surface area contributed by atoms with E-state index >= 15 is 0 Å². The van der Waals surface area contributed by atoms with E-state index in [-0.39, 0.29) is 0 Å². The van der Waals surface area contributed by atoms with Crippen LogP contribution in [-0.2, 0) is 0 Å². The predicted molar refractivity (Wildman–Crippen MR) is 64.9 cm³/mol. The van der Waals surface area contributed by atoms with E-state index in [1.165, 1.54) is 0 Å². The second-order valence-electron chi connectivity index (χ2n) is 3.92. The normalized spacial score (nSPS) is 10.4. The van der Waals surface area contributed by atoms with Gasteiger partial charge in [0.2, 0.25) is 0 Å². The number of nitrogen functional groups attached to an aromatic ring is 1. The highest BCUT2D eigenvalue weighted by atomic mass is 16.5. The van der Waals surface area contributed by atoms with Gasteiger partial charge in [-0.2, -0.15) is 0 Å². The molecular formula is C12H18N2O2. The van der Waals surface area contributed by atoms with Crippen molar-refractivity contribution in [2.24, 2.45) is 0 Å². The summed E-state index contributed by atoms with van der Waals surface area (Å²) in [4.78, 5) is 12.6. The summed E-state index contributed by atoms with van der Waals surface area (Å²) in [6, 6.07) is 5.05. The smallest absolute Gasteiger partial charge is 0.150 e. The van der Waals surface area contributed by atoms with Gasteiger partial charge in [0.15, 0.2) is 0 Å². The zero-order chi connectivity index (χ0) is 12.0. The summed E-state index contributed by atoms with van der Waals surface area (Å²) < 4.78 is 5.52. The van der Waals surface area contributed by atoms with Gasteiger partial charge in [0.05, 0.1) is 12.3 Å². The summed E-state index contributed by atoms with van der Waals surface area (Å²) in [5, 5.41) is 0. The zero-order valence-corrected chi connectivity index (χ0v) is 9.77. The van der Waals surface area contributed by atoms with E-state index in [9.17, 15) is 4.79 Å². The number of nitrogens with zero attached hydrogens (tertiary/aromatic N) is 1. The van der Waals surface area contributed by atoms with E-state index in [0.717, 1.165) is 19.3 Å². The minimum Gasteiger partial charge on any atom is -0.491 e. The molecule has 1 rings (SSSR count). The van der Waals surface area contributed by atoms with E-state index in [0.29, 0.717) is 23.6 Å². The highest BCUT2D eigenvalue weighted by Crippen LogP contribution is 2.21. The van der Waals surface area contributed by atoms with Crippen molar-refractivity contribution >= 4 is 12.0 Å². The molecule has 0 radical (unpaired) electrons. The molecule has 0 fully saturated rings. The van der Waals surface area contributed by atoms with Gasteiger partial charge in [-0.3, -0.25) is 4.79 Å². The number of aldehydes is 1. The van der Waals surface area contributed by atoms with Gasteiger partial charge in [0, 0.05) is 12.1 Å². The number of nitrogens with two attached hydrogens (primary N) is 1. The molecule has 16 heavy (non-hydrogen) atoms. The first-order valence-electron chi connectivity index (χ1n) is 5.25. The lowest BCUT2D eigenvalue weighted by Gasteiger charge is -2.11. The Bertz CT molecular complexity index is 351. The molecule has 0 saturated heterocycles. The number of benzene rings is 1. The minimum absolute atomic E-state index is 0.509. The fourth-order valence-electron chi connectivity index (χ4n) is 1.33. The van der Waals surface area contributed by atoms with Crippen LogP contribution >= 0.6 is 0 Å². The van der Waals surface area contributed by atoms with Gasteiger partial charge in [-0.1, -0.05) is 0 Å². The van der Waals surface area contributed by atoms with Crippen molar-refractivity contribution in [2.45, 2.75) is 6.42 Å². The number of carbonyl (C=O) groups excluding carboxylic acids is 1. The SMILES string of the molecule is CN(C)CCCOc1ccc(C=O)cc1N. The Morgan fingerprint density at radius 1 is 1.44 bits per heavy atom. The van der Waals surface area contributed by atoms with Crippen LogP contribution in [0.25, 0.3) is 0 Å². The molecular weight excluding hydrogens is 204 g/mol. The van der Waals surface area contributed by atoms with E-state index in [1.807, 2.05) is 14.1 Å². The molecule has 0 aliphatic heterocycles. The van der Waals surface area contributed by atoms with Gasteiger partial charge in [-0.05, 0) is 38.7 Å². The molecule has 0 saturated carbocycles. The van der Waals surface area contributed by atoms with Gasteiger partial charge in [-0.15, -0.1) is 0 Å². The second kappa shape index (κ2) is 6.12. The summed E-state index contributed by atoms with van der Waals surface area (Å²) in [6.45, 7) is 1.61. The maximum Gasteiger partial charge on any atom is 0.150 e. The summed E-state index contributed by atoms with van der Waals surface area (Å²) in [6.07, 6.45) is 1.72. The summed E-state index contributed by atoms with van der Waals surface area (Å²) in [5.41, 5.74) is 6.82. The minimum atomic E-state index is 0.509. The molecule has 2 N–H and O–H groups in total. The van der Waals surface area contributed by atoms with Crippen LogP contribution in [0.2, 0.25) is 0 Å².